The average molecular weight is 255 g/mol. The third-order valence-electron chi connectivity index (χ3n) is 2.43. The van der Waals surface area contributed by atoms with Crippen LogP contribution in [0, 0.1) is 5.41 Å². The Kier molecular flexibility index (Phi) is 4.11. The van der Waals surface area contributed by atoms with Gasteiger partial charge < -0.3 is 16.4 Å². The molecule has 5 nitrogen and oxygen atoms in total. The molecule has 94 valence electrons. The number of nitrogens with two attached hydrogens (primary N) is 1. The maximum atomic E-state index is 11.8. The number of hydrogen-bond donors (Lipinski definition) is 3. The lowest BCUT2D eigenvalue weighted by molar-refractivity contribution is -0.128. The van der Waals surface area contributed by atoms with E-state index in [9.17, 15) is 9.59 Å². The predicted octanol–water partition coefficient (Wildman–Crippen LogP) is 0.832. The Morgan fingerprint density at radius 2 is 2.12 bits per heavy atom. The Bertz CT molecular complexity index is 426. The fraction of sp³-hybridized carbons (Fsp3) is 0.455. The second-order valence-electron chi connectivity index (χ2n) is 4.35. The van der Waals surface area contributed by atoms with E-state index in [4.69, 9.17) is 5.73 Å². The van der Waals surface area contributed by atoms with Crippen molar-refractivity contribution in [2.24, 2.45) is 5.41 Å². The molecule has 0 radical (unpaired) electrons. The third kappa shape index (κ3) is 3.20. The molecule has 0 spiro atoms. The Labute approximate surface area is 104 Å². The molecule has 2 amide bonds. The molecule has 0 aliphatic rings. The lowest BCUT2D eigenvalue weighted by Gasteiger charge is -2.22. The van der Waals surface area contributed by atoms with Crippen LogP contribution >= 0.6 is 11.3 Å². The summed E-state index contributed by atoms with van der Waals surface area (Å²) in [6.07, 6.45) is 0. The Morgan fingerprint density at radius 1 is 1.47 bits per heavy atom. The quantitative estimate of drug-likeness (QED) is 0.745. The predicted molar refractivity (Wildman–Crippen MR) is 68.9 cm³/mol. The molecule has 6 heteroatoms. The summed E-state index contributed by atoms with van der Waals surface area (Å²) in [5.41, 5.74) is 5.46. The van der Waals surface area contributed by atoms with Gasteiger partial charge in [-0.2, -0.15) is 0 Å². The number of nitrogen functional groups attached to an aromatic ring is 1. The second-order valence-corrected chi connectivity index (χ2v) is 5.27. The van der Waals surface area contributed by atoms with E-state index in [2.05, 4.69) is 10.6 Å². The summed E-state index contributed by atoms with van der Waals surface area (Å²) in [7, 11) is 1.57. The van der Waals surface area contributed by atoms with E-state index in [1.807, 2.05) is 0 Å². The Hall–Kier alpha value is -1.56. The molecule has 17 heavy (non-hydrogen) atoms. The van der Waals surface area contributed by atoms with Gasteiger partial charge in [-0.15, -0.1) is 11.3 Å². The van der Waals surface area contributed by atoms with Crippen LogP contribution in [0.15, 0.2) is 11.4 Å². The SMILES string of the molecule is CNC(=O)C(C)(C)CNC(=O)c1sccc1N. The Balaban J connectivity index is 2.60. The van der Waals surface area contributed by atoms with E-state index in [0.717, 1.165) is 0 Å². The minimum absolute atomic E-state index is 0.114. The summed E-state index contributed by atoms with van der Waals surface area (Å²) >= 11 is 1.28. The summed E-state index contributed by atoms with van der Waals surface area (Å²) in [4.78, 5) is 23.8. The molecule has 0 atom stereocenters. The molecular formula is C11H17N3O2S. The van der Waals surface area contributed by atoms with E-state index >= 15 is 0 Å². The lowest BCUT2D eigenvalue weighted by atomic mass is 9.92. The zero-order chi connectivity index (χ0) is 13.1. The maximum Gasteiger partial charge on any atom is 0.263 e. The highest BCUT2D eigenvalue weighted by Crippen LogP contribution is 2.19. The van der Waals surface area contributed by atoms with E-state index in [1.165, 1.54) is 11.3 Å². The van der Waals surface area contributed by atoms with Crippen LogP contribution < -0.4 is 16.4 Å². The molecule has 0 aliphatic heterocycles. The van der Waals surface area contributed by atoms with Gasteiger partial charge in [0.15, 0.2) is 0 Å². The second kappa shape index (κ2) is 5.18. The van der Waals surface area contributed by atoms with Crippen LogP contribution in [0.5, 0.6) is 0 Å². The summed E-state index contributed by atoms with van der Waals surface area (Å²) < 4.78 is 0. The van der Waals surface area contributed by atoms with Gasteiger partial charge in [0.1, 0.15) is 4.88 Å². The van der Waals surface area contributed by atoms with Crippen molar-refractivity contribution >= 4 is 28.8 Å². The lowest BCUT2D eigenvalue weighted by Crippen LogP contribution is -2.43. The van der Waals surface area contributed by atoms with Gasteiger partial charge in [-0.3, -0.25) is 9.59 Å². The highest BCUT2D eigenvalue weighted by Gasteiger charge is 2.27. The van der Waals surface area contributed by atoms with Crippen molar-refractivity contribution in [1.29, 1.82) is 0 Å². The molecule has 1 heterocycles. The van der Waals surface area contributed by atoms with Crippen molar-refractivity contribution in [2.75, 3.05) is 19.3 Å². The molecule has 0 saturated carbocycles. The van der Waals surface area contributed by atoms with E-state index in [-0.39, 0.29) is 18.4 Å². The first kappa shape index (κ1) is 13.5. The minimum atomic E-state index is -0.642. The normalized spacial score (nSPS) is 11.0. The highest BCUT2D eigenvalue weighted by atomic mass is 32.1. The number of nitrogens with one attached hydrogen (secondary N) is 2. The van der Waals surface area contributed by atoms with Crippen LogP contribution in [-0.4, -0.2) is 25.4 Å². The van der Waals surface area contributed by atoms with Crippen molar-refractivity contribution < 1.29 is 9.59 Å². The summed E-state index contributed by atoms with van der Waals surface area (Å²) in [6.45, 7) is 3.80. The number of thiophene rings is 1. The van der Waals surface area contributed by atoms with Crippen molar-refractivity contribution in [3.05, 3.63) is 16.3 Å². The van der Waals surface area contributed by atoms with E-state index in [1.54, 1.807) is 32.3 Å². The van der Waals surface area contributed by atoms with Crippen molar-refractivity contribution in [3.8, 4) is 0 Å². The molecule has 1 aromatic heterocycles. The maximum absolute atomic E-state index is 11.8. The van der Waals surface area contributed by atoms with Gasteiger partial charge in [-0.25, -0.2) is 0 Å². The number of hydrogen-bond acceptors (Lipinski definition) is 4. The molecule has 0 saturated heterocycles. The standard InChI is InChI=1S/C11H17N3O2S/c1-11(2,10(16)13-3)6-14-9(15)8-7(12)4-5-17-8/h4-5H,6,12H2,1-3H3,(H,13,16)(H,14,15). The smallest absolute Gasteiger partial charge is 0.263 e. The third-order valence-corrected chi connectivity index (χ3v) is 3.36. The van der Waals surface area contributed by atoms with Gasteiger partial charge in [0, 0.05) is 13.6 Å². The molecular weight excluding hydrogens is 238 g/mol. The molecule has 0 fully saturated rings. The summed E-state index contributed by atoms with van der Waals surface area (Å²) in [5.74, 6) is -0.355. The van der Waals surface area contributed by atoms with Gasteiger partial charge >= 0.3 is 0 Å². The first-order valence-corrected chi connectivity index (χ1v) is 6.10. The van der Waals surface area contributed by atoms with Gasteiger partial charge in [-0.05, 0) is 25.3 Å². The van der Waals surface area contributed by atoms with Gasteiger partial charge in [-0.1, -0.05) is 0 Å². The average Bonchev–Trinajstić information content (AvgIpc) is 2.71. The van der Waals surface area contributed by atoms with Crippen LogP contribution in [0.1, 0.15) is 23.5 Å². The summed E-state index contributed by atoms with van der Waals surface area (Å²) in [6, 6.07) is 1.68. The fourth-order valence-corrected chi connectivity index (χ4v) is 2.04. The van der Waals surface area contributed by atoms with Crippen LogP contribution in [0.2, 0.25) is 0 Å². The largest absolute Gasteiger partial charge is 0.397 e. The number of anilines is 1. The number of carbonyl (C=O) groups excluding carboxylic acids is 2. The van der Waals surface area contributed by atoms with Crippen LogP contribution in [0.4, 0.5) is 5.69 Å². The Morgan fingerprint density at radius 3 is 2.59 bits per heavy atom. The van der Waals surface area contributed by atoms with Crippen LogP contribution in [0.25, 0.3) is 0 Å². The number of rotatable bonds is 4. The van der Waals surface area contributed by atoms with Crippen molar-refractivity contribution in [1.82, 2.24) is 10.6 Å². The van der Waals surface area contributed by atoms with E-state index < -0.39 is 5.41 Å². The van der Waals surface area contributed by atoms with Gasteiger partial charge in [0.2, 0.25) is 5.91 Å². The number of carbonyl (C=O) groups is 2. The van der Waals surface area contributed by atoms with Crippen molar-refractivity contribution in [3.63, 3.8) is 0 Å². The first-order chi connectivity index (χ1) is 7.88. The minimum Gasteiger partial charge on any atom is -0.397 e. The topological polar surface area (TPSA) is 84.2 Å². The van der Waals surface area contributed by atoms with Gasteiger partial charge in [0.05, 0.1) is 11.1 Å². The molecule has 0 bridgehead atoms. The molecule has 0 unspecified atom stereocenters. The van der Waals surface area contributed by atoms with E-state index in [0.29, 0.717) is 10.6 Å². The molecule has 1 rings (SSSR count). The highest BCUT2D eigenvalue weighted by molar-refractivity contribution is 7.12. The molecule has 0 aliphatic carbocycles. The van der Waals surface area contributed by atoms with Crippen LogP contribution in [0.3, 0.4) is 0 Å². The van der Waals surface area contributed by atoms with Crippen LogP contribution in [-0.2, 0) is 4.79 Å². The van der Waals surface area contributed by atoms with Gasteiger partial charge in [0.25, 0.3) is 5.91 Å². The first-order valence-electron chi connectivity index (χ1n) is 5.22. The monoisotopic (exact) mass is 255 g/mol. The fourth-order valence-electron chi connectivity index (χ4n) is 1.30. The zero-order valence-corrected chi connectivity index (χ0v) is 11.0. The summed E-state index contributed by atoms with van der Waals surface area (Å²) in [5, 5.41) is 7.03. The molecule has 0 aromatic carbocycles. The zero-order valence-electron chi connectivity index (χ0n) is 10.2. The number of amides is 2. The molecule has 4 N–H and O–H groups in total. The van der Waals surface area contributed by atoms with Crippen molar-refractivity contribution in [2.45, 2.75) is 13.8 Å². The molecule has 1 aromatic rings.